The van der Waals surface area contributed by atoms with Gasteiger partial charge in [-0.2, -0.15) is 0 Å². The van der Waals surface area contributed by atoms with Crippen LogP contribution in [0.3, 0.4) is 0 Å². The molecule has 1 N–H and O–H groups in total. The zero-order chi connectivity index (χ0) is 19.7. The molecular weight excluding hydrogens is 375 g/mol. The Kier molecular flexibility index (Phi) is 4.94. The number of hydrogen-bond donors (Lipinski definition) is 1. The molecule has 1 aromatic carbocycles. The van der Waals surface area contributed by atoms with E-state index in [1.165, 1.54) is 18.3 Å². The zero-order valence-electron chi connectivity index (χ0n) is 14.9. The molecule has 28 heavy (non-hydrogen) atoms. The Balaban J connectivity index is 1.40. The summed E-state index contributed by atoms with van der Waals surface area (Å²) in [6, 6.07) is 4.93. The molecule has 9 heteroatoms. The van der Waals surface area contributed by atoms with Gasteiger partial charge in [-0.15, -0.1) is 0 Å². The summed E-state index contributed by atoms with van der Waals surface area (Å²) < 4.78 is 51.3. The molecule has 1 amide bonds. The summed E-state index contributed by atoms with van der Waals surface area (Å²) in [5, 5.41) is 2.62. The van der Waals surface area contributed by atoms with Crippen LogP contribution in [0.4, 0.5) is 24.5 Å². The van der Waals surface area contributed by atoms with Crippen LogP contribution in [-0.4, -0.2) is 47.9 Å². The molecule has 6 nitrogen and oxygen atoms in total. The van der Waals surface area contributed by atoms with E-state index in [1.54, 1.807) is 4.90 Å². The van der Waals surface area contributed by atoms with Crippen molar-refractivity contribution in [2.75, 3.05) is 31.6 Å². The minimum atomic E-state index is -1.55. The topological polar surface area (TPSA) is 63.7 Å². The van der Waals surface area contributed by atoms with Crippen LogP contribution in [0.25, 0.3) is 0 Å². The first-order valence-corrected chi connectivity index (χ1v) is 8.91. The van der Waals surface area contributed by atoms with Crippen molar-refractivity contribution in [3.8, 4) is 0 Å². The number of piperidine rings is 1. The smallest absolute Gasteiger partial charge is 0.272 e. The minimum absolute atomic E-state index is 0.224. The molecule has 2 saturated heterocycles. The van der Waals surface area contributed by atoms with Crippen LogP contribution in [0.1, 0.15) is 23.3 Å². The lowest BCUT2D eigenvalue weighted by molar-refractivity contribution is -0.181. The van der Waals surface area contributed by atoms with Crippen molar-refractivity contribution < 1.29 is 27.4 Å². The second kappa shape index (κ2) is 7.40. The van der Waals surface area contributed by atoms with Crippen molar-refractivity contribution >= 4 is 17.3 Å². The van der Waals surface area contributed by atoms with Gasteiger partial charge in [0, 0.05) is 25.9 Å². The number of nitrogens with one attached hydrogen (secondary N) is 1. The second-order valence-corrected chi connectivity index (χ2v) is 6.68. The van der Waals surface area contributed by atoms with Crippen molar-refractivity contribution in [1.82, 2.24) is 9.88 Å². The number of pyridine rings is 1. The van der Waals surface area contributed by atoms with E-state index in [1.807, 2.05) is 0 Å². The van der Waals surface area contributed by atoms with Crippen LogP contribution in [0.15, 0.2) is 30.5 Å². The van der Waals surface area contributed by atoms with E-state index in [0.717, 1.165) is 12.1 Å². The highest BCUT2D eigenvalue weighted by Crippen LogP contribution is 2.31. The van der Waals surface area contributed by atoms with Gasteiger partial charge in [-0.05, 0) is 24.3 Å². The van der Waals surface area contributed by atoms with Gasteiger partial charge in [-0.25, -0.2) is 18.2 Å². The number of anilines is 2. The Morgan fingerprint density at radius 1 is 1.04 bits per heavy atom. The van der Waals surface area contributed by atoms with Crippen LogP contribution >= 0.6 is 0 Å². The van der Waals surface area contributed by atoms with Crippen molar-refractivity contribution in [3.63, 3.8) is 0 Å². The molecule has 148 valence electrons. The highest BCUT2D eigenvalue weighted by atomic mass is 19.2. The first kappa shape index (κ1) is 18.7. The van der Waals surface area contributed by atoms with Gasteiger partial charge in [0.05, 0.1) is 30.8 Å². The molecule has 0 bridgehead atoms. The number of amides is 1. The first-order chi connectivity index (χ1) is 13.5. The van der Waals surface area contributed by atoms with E-state index in [-0.39, 0.29) is 17.3 Å². The van der Waals surface area contributed by atoms with E-state index in [4.69, 9.17) is 9.47 Å². The van der Waals surface area contributed by atoms with E-state index < -0.39 is 23.2 Å². The fourth-order valence-electron chi connectivity index (χ4n) is 3.37. The number of carbonyl (C=O) groups is 1. The SMILES string of the molecule is O=C(c1ccc(Nc2ccc(F)c(F)c2F)cn1)N1CCC2(CC1)OCCO2. The molecule has 0 radical (unpaired) electrons. The quantitative estimate of drug-likeness (QED) is 0.812. The summed E-state index contributed by atoms with van der Waals surface area (Å²) >= 11 is 0. The van der Waals surface area contributed by atoms with Crippen LogP contribution in [0.2, 0.25) is 0 Å². The number of ether oxygens (including phenoxy) is 2. The molecule has 0 aliphatic carbocycles. The molecule has 1 aromatic heterocycles. The summed E-state index contributed by atoms with van der Waals surface area (Å²) in [5.74, 6) is -4.93. The fraction of sp³-hybridized carbons (Fsp3) is 0.368. The molecule has 0 unspecified atom stereocenters. The lowest BCUT2D eigenvalue weighted by Crippen LogP contribution is -2.47. The number of hydrogen-bond acceptors (Lipinski definition) is 5. The predicted octanol–water partition coefficient (Wildman–Crippen LogP) is 3.22. The standard InChI is InChI=1S/C19H18F3N3O3/c20-13-2-4-14(17(22)16(13)21)24-12-1-3-15(23-11-12)18(26)25-7-5-19(6-8-25)27-9-10-28-19/h1-4,11,24H,5-10H2. The van der Waals surface area contributed by atoms with Gasteiger partial charge in [0.2, 0.25) is 0 Å². The summed E-state index contributed by atoms with van der Waals surface area (Å²) in [4.78, 5) is 18.4. The molecule has 2 aromatic rings. The summed E-state index contributed by atoms with van der Waals surface area (Å²) in [5.41, 5.74) is 0.352. The lowest BCUT2D eigenvalue weighted by atomic mass is 10.0. The number of likely N-dealkylation sites (tertiary alicyclic amines) is 1. The Labute approximate surface area is 159 Å². The third-order valence-corrected chi connectivity index (χ3v) is 4.92. The van der Waals surface area contributed by atoms with E-state index >= 15 is 0 Å². The van der Waals surface area contributed by atoms with Gasteiger partial charge in [-0.1, -0.05) is 0 Å². The summed E-state index contributed by atoms with van der Waals surface area (Å²) in [6.07, 6.45) is 2.55. The normalized spacial score (nSPS) is 18.5. The largest absolute Gasteiger partial charge is 0.352 e. The monoisotopic (exact) mass is 393 g/mol. The first-order valence-electron chi connectivity index (χ1n) is 8.91. The summed E-state index contributed by atoms with van der Waals surface area (Å²) in [7, 11) is 0. The van der Waals surface area contributed by atoms with E-state index in [9.17, 15) is 18.0 Å². The van der Waals surface area contributed by atoms with Gasteiger partial charge < -0.3 is 19.7 Å². The third kappa shape index (κ3) is 3.55. The lowest BCUT2D eigenvalue weighted by Gasteiger charge is -2.37. The van der Waals surface area contributed by atoms with Crippen LogP contribution in [0.5, 0.6) is 0 Å². The Morgan fingerprint density at radius 2 is 1.75 bits per heavy atom. The average molecular weight is 393 g/mol. The van der Waals surface area contributed by atoms with Crippen LogP contribution in [-0.2, 0) is 9.47 Å². The van der Waals surface area contributed by atoms with Gasteiger partial charge >= 0.3 is 0 Å². The fourth-order valence-corrected chi connectivity index (χ4v) is 3.37. The van der Waals surface area contributed by atoms with Gasteiger partial charge in [0.15, 0.2) is 23.2 Å². The third-order valence-electron chi connectivity index (χ3n) is 4.92. The van der Waals surface area contributed by atoms with E-state index in [0.29, 0.717) is 44.8 Å². The van der Waals surface area contributed by atoms with Crippen LogP contribution in [0, 0.1) is 17.5 Å². The highest BCUT2D eigenvalue weighted by molar-refractivity contribution is 5.92. The molecule has 2 aliphatic heterocycles. The van der Waals surface area contributed by atoms with Gasteiger partial charge in [0.25, 0.3) is 5.91 Å². The second-order valence-electron chi connectivity index (χ2n) is 6.68. The summed E-state index contributed by atoms with van der Waals surface area (Å²) in [6.45, 7) is 2.15. The van der Waals surface area contributed by atoms with Gasteiger partial charge in [0.1, 0.15) is 5.69 Å². The minimum Gasteiger partial charge on any atom is -0.352 e. The van der Waals surface area contributed by atoms with Crippen molar-refractivity contribution in [3.05, 3.63) is 53.6 Å². The van der Waals surface area contributed by atoms with Gasteiger partial charge in [-0.3, -0.25) is 4.79 Å². The van der Waals surface area contributed by atoms with E-state index in [2.05, 4.69) is 10.3 Å². The Bertz CT molecular complexity index is 876. The van der Waals surface area contributed by atoms with Crippen molar-refractivity contribution in [1.29, 1.82) is 0 Å². The average Bonchev–Trinajstić information content (AvgIpc) is 3.17. The van der Waals surface area contributed by atoms with Crippen LogP contribution < -0.4 is 5.32 Å². The maximum absolute atomic E-state index is 13.7. The van der Waals surface area contributed by atoms with Crippen molar-refractivity contribution in [2.24, 2.45) is 0 Å². The molecule has 0 saturated carbocycles. The predicted molar refractivity (Wildman–Crippen MR) is 93.6 cm³/mol. The molecule has 0 atom stereocenters. The number of carbonyl (C=O) groups excluding carboxylic acids is 1. The molecule has 4 rings (SSSR count). The number of benzene rings is 1. The maximum atomic E-state index is 13.7. The zero-order valence-corrected chi connectivity index (χ0v) is 14.9. The maximum Gasteiger partial charge on any atom is 0.272 e. The Hall–Kier alpha value is -2.65. The number of rotatable bonds is 3. The molecule has 2 aliphatic rings. The molecule has 3 heterocycles. The Morgan fingerprint density at radius 3 is 2.39 bits per heavy atom. The number of nitrogens with zero attached hydrogens (tertiary/aromatic N) is 2. The molecule has 1 spiro atoms. The van der Waals surface area contributed by atoms with Crippen molar-refractivity contribution in [2.45, 2.75) is 18.6 Å². The highest BCUT2D eigenvalue weighted by Gasteiger charge is 2.41. The number of halogens is 3. The molecular formula is C19H18F3N3O3. The molecule has 2 fully saturated rings. The number of aromatic nitrogens is 1.